The van der Waals surface area contributed by atoms with Crippen LogP contribution in [0.1, 0.15) is 36.8 Å². The zero-order chi connectivity index (χ0) is 21.6. The summed E-state index contributed by atoms with van der Waals surface area (Å²) in [5, 5.41) is 10.8. The maximum atomic E-state index is 12.8. The fourth-order valence-corrected chi connectivity index (χ4v) is 2.73. The van der Waals surface area contributed by atoms with E-state index in [0.717, 1.165) is 23.1 Å². The standard InChI is InChI=1S/C18H20F3N3O5/c1-29-14-10-12(18(19,20)21)7-6-11(14)9-13-16(26)24(17(27)22-13)8-4-2-3-5-15(25)23-28/h6-7,9-10,28H,2-5,8H2,1H3,(H,22,27)(H,23,25). The molecule has 1 saturated heterocycles. The van der Waals surface area contributed by atoms with Crippen molar-refractivity contribution >= 4 is 23.9 Å². The number of methoxy groups -OCH3 is 1. The molecule has 0 spiro atoms. The van der Waals surface area contributed by atoms with E-state index in [0.29, 0.717) is 19.3 Å². The smallest absolute Gasteiger partial charge is 0.416 e. The van der Waals surface area contributed by atoms with Crippen LogP contribution in [0.2, 0.25) is 0 Å². The minimum absolute atomic E-state index is 0.0762. The summed E-state index contributed by atoms with van der Waals surface area (Å²) >= 11 is 0. The van der Waals surface area contributed by atoms with E-state index >= 15 is 0 Å². The number of carbonyl (C=O) groups is 3. The molecule has 0 atom stereocenters. The highest BCUT2D eigenvalue weighted by molar-refractivity contribution is 6.14. The van der Waals surface area contributed by atoms with Crippen molar-refractivity contribution in [1.29, 1.82) is 0 Å². The second-order valence-electron chi connectivity index (χ2n) is 6.25. The molecule has 1 aliphatic rings. The van der Waals surface area contributed by atoms with Crippen LogP contribution in [0.4, 0.5) is 18.0 Å². The molecule has 11 heteroatoms. The van der Waals surface area contributed by atoms with Gasteiger partial charge in [0.15, 0.2) is 0 Å². The maximum absolute atomic E-state index is 12.8. The number of amides is 4. The topological polar surface area (TPSA) is 108 Å². The van der Waals surface area contributed by atoms with Gasteiger partial charge in [-0.15, -0.1) is 0 Å². The Balaban J connectivity index is 2.05. The van der Waals surface area contributed by atoms with E-state index in [1.54, 1.807) is 0 Å². The number of unbranched alkanes of at least 4 members (excludes halogenated alkanes) is 2. The van der Waals surface area contributed by atoms with E-state index in [9.17, 15) is 27.6 Å². The molecule has 8 nitrogen and oxygen atoms in total. The normalized spacial score (nSPS) is 15.6. The van der Waals surface area contributed by atoms with Gasteiger partial charge in [0.25, 0.3) is 5.91 Å². The molecule has 1 fully saturated rings. The molecular weight excluding hydrogens is 395 g/mol. The van der Waals surface area contributed by atoms with Gasteiger partial charge in [-0.25, -0.2) is 10.3 Å². The number of carbonyl (C=O) groups excluding carboxylic acids is 3. The predicted octanol–water partition coefficient (Wildman–Crippen LogP) is 2.67. The molecule has 158 valence electrons. The van der Waals surface area contributed by atoms with Crippen molar-refractivity contribution in [3.63, 3.8) is 0 Å². The van der Waals surface area contributed by atoms with Gasteiger partial charge in [0.2, 0.25) is 5.91 Å². The summed E-state index contributed by atoms with van der Waals surface area (Å²) < 4.78 is 43.4. The number of halogens is 3. The van der Waals surface area contributed by atoms with Crippen molar-refractivity contribution in [3.8, 4) is 5.75 Å². The average molecular weight is 415 g/mol. The predicted molar refractivity (Wildman–Crippen MR) is 94.6 cm³/mol. The first-order valence-electron chi connectivity index (χ1n) is 8.70. The second-order valence-corrected chi connectivity index (χ2v) is 6.25. The maximum Gasteiger partial charge on any atom is 0.416 e. The van der Waals surface area contributed by atoms with Gasteiger partial charge in [-0.2, -0.15) is 13.2 Å². The van der Waals surface area contributed by atoms with Gasteiger partial charge in [0.1, 0.15) is 11.4 Å². The van der Waals surface area contributed by atoms with E-state index in [4.69, 9.17) is 9.94 Å². The lowest BCUT2D eigenvalue weighted by Gasteiger charge is -2.12. The molecule has 1 heterocycles. The zero-order valence-corrected chi connectivity index (χ0v) is 15.5. The summed E-state index contributed by atoms with van der Waals surface area (Å²) in [5.41, 5.74) is 0.753. The molecule has 0 aromatic heterocycles. The highest BCUT2D eigenvalue weighted by Gasteiger charge is 2.34. The van der Waals surface area contributed by atoms with E-state index in [-0.39, 0.29) is 30.0 Å². The summed E-state index contributed by atoms with van der Waals surface area (Å²) in [7, 11) is 1.20. The molecule has 0 bridgehead atoms. The lowest BCUT2D eigenvalue weighted by molar-refractivity contribution is -0.137. The number of rotatable bonds is 8. The first-order valence-corrected chi connectivity index (χ1v) is 8.70. The molecule has 0 saturated carbocycles. The SMILES string of the molecule is COc1cc(C(F)(F)F)ccc1C=C1NC(=O)N(CCCCCC(=O)NO)C1=O. The van der Waals surface area contributed by atoms with Crippen LogP contribution < -0.4 is 15.5 Å². The van der Waals surface area contributed by atoms with Gasteiger partial charge >= 0.3 is 12.2 Å². The number of urea groups is 1. The number of alkyl halides is 3. The van der Waals surface area contributed by atoms with Crippen LogP contribution in [0.25, 0.3) is 6.08 Å². The Morgan fingerprint density at radius 1 is 1.28 bits per heavy atom. The Morgan fingerprint density at radius 2 is 2.00 bits per heavy atom. The van der Waals surface area contributed by atoms with Gasteiger partial charge in [0, 0.05) is 18.5 Å². The molecule has 1 aromatic rings. The van der Waals surface area contributed by atoms with Crippen LogP contribution in [0.15, 0.2) is 23.9 Å². The summed E-state index contributed by atoms with van der Waals surface area (Å²) in [5.74, 6) is -1.21. The Labute approximate surface area is 164 Å². The monoisotopic (exact) mass is 415 g/mol. The fraction of sp³-hybridized carbons (Fsp3) is 0.389. The van der Waals surface area contributed by atoms with Gasteiger partial charge < -0.3 is 10.1 Å². The quantitative estimate of drug-likeness (QED) is 0.199. The van der Waals surface area contributed by atoms with Crippen molar-refractivity contribution in [2.75, 3.05) is 13.7 Å². The number of hydrogen-bond donors (Lipinski definition) is 3. The Hall–Kier alpha value is -3.08. The molecule has 2 rings (SSSR count). The van der Waals surface area contributed by atoms with E-state index in [1.165, 1.54) is 18.7 Å². The van der Waals surface area contributed by atoms with Crippen LogP contribution in [0.5, 0.6) is 5.75 Å². The summed E-state index contributed by atoms with van der Waals surface area (Å²) in [6.07, 6.45) is -1.68. The molecule has 3 N–H and O–H groups in total. The van der Waals surface area contributed by atoms with E-state index in [2.05, 4.69) is 5.32 Å². The number of ether oxygens (including phenoxy) is 1. The summed E-state index contributed by atoms with van der Waals surface area (Å²) in [6, 6.07) is 2.19. The number of nitrogens with zero attached hydrogens (tertiary/aromatic N) is 1. The molecule has 0 unspecified atom stereocenters. The molecule has 1 aromatic carbocycles. The van der Waals surface area contributed by atoms with Crippen LogP contribution in [-0.4, -0.2) is 41.6 Å². The van der Waals surface area contributed by atoms with Crippen LogP contribution in [0, 0.1) is 0 Å². The number of benzene rings is 1. The Morgan fingerprint density at radius 3 is 2.62 bits per heavy atom. The minimum Gasteiger partial charge on any atom is -0.496 e. The number of nitrogens with one attached hydrogen (secondary N) is 2. The van der Waals surface area contributed by atoms with Gasteiger partial charge in [0.05, 0.1) is 12.7 Å². The van der Waals surface area contributed by atoms with Crippen molar-refractivity contribution in [3.05, 3.63) is 35.0 Å². The minimum atomic E-state index is -4.54. The van der Waals surface area contributed by atoms with E-state index in [1.807, 2.05) is 0 Å². The first-order chi connectivity index (χ1) is 13.7. The molecule has 29 heavy (non-hydrogen) atoms. The number of hydrogen-bond acceptors (Lipinski definition) is 5. The van der Waals surface area contributed by atoms with Crippen molar-refractivity contribution < 1.29 is 37.5 Å². The third-order valence-electron chi connectivity index (χ3n) is 4.23. The number of imide groups is 1. The third kappa shape index (κ3) is 5.70. The van der Waals surface area contributed by atoms with Crippen molar-refractivity contribution in [1.82, 2.24) is 15.7 Å². The van der Waals surface area contributed by atoms with Gasteiger partial charge in [-0.3, -0.25) is 19.7 Å². The molecule has 1 aliphatic heterocycles. The molecule has 0 radical (unpaired) electrons. The summed E-state index contributed by atoms with van der Waals surface area (Å²) in [6.45, 7) is 0.118. The largest absolute Gasteiger partial charge is 0.496 e. The van der Waals surface area contributed by atoms with Crippen LogP contribution in [0.3, 0.4) is 0 Å². The van der Waals surface area contributed by atoms with Crippen LogP contribution >= 0.6 is 0 Å². The fourth-order valence-electron chi connectivity index (χ4n) is 2.73. The molecular formula is C18H20F3N3O5. The molecule has 4 amide bonds. The Kier molecular flexibility index (Phi) is 7.21. The first kappa shape index (κ1) is 22.2. The van der Waals surface area contributed by atoms with Crippen LogP contribution in [-0.2, 0) is 15.8 Å². The second kappa shape index (κ2) is 9.41. The Bertz CT molecular complexity index is 823. The van der Waals surface area contributed by atoms with Gasteiger partial charge in [-0.1, -0.05) is 12.5 Å². The van der Waals surface area contributed by atoms with E-state index < -0.39 is 29.6 Å². The summed E-state index contributed by atoms with van der Waals surface area (Å²) in [4.78, 5) is 36.3. The van der Waals surface area contributed by atoms with Crippen molar-refractivity contribution in [2.45, 2.75) is 31.9 Å². The highest BCUT2D eigenvalue weighted by Crippen LogP contribution is 2.34. The van der Waals surface area contributed by atoms with Gasteiger partial charge in [-0.05, 0) is 31.1 Å². The molecule has 0 aliphatic carbocycles. The lowest BCUT2D eigenvalue weighted by Crippen LogP contribution is -2.31. The lowest BCUT2D eigenvalue weighted by atomic mass is 10.1. The highest BCUT2D eigenvalue weighted by atomic mass is 19.4. The van der Waals surface area contributed by atoms with Crippen molar-refractivity contribution in [2.24, 2.45) is 0 Å². The third-order valence-corrected chi connectivity index (χ3v) is 4.23. The zero-order valence-electron chi connectivity index (χ0n) is 15.5. The number of hydroxylamine groups is 1. The average Bonchev–Trinajstić information content (AvgIpc) is 2.94.